The zero-order valence-corrected chi connectivity index (χ0v) is 21.4. The fraction of sp³-hybridized carbons (Fsp3) is 0.250. The quantitative estimate of drug-likeness (QED) is 0.308. The van der Waals surface area contributed by atoms with Gasteiger partial charge < -0.3 is 16.4 Å². The van der Waals surface area contributed by atoms with Crippen LogP contribution in [0.5, 0.6) is 0 Å². The van der Waals surface area contributed by atoms with E-state index < -0.39 is 5.91 Å². The maximum atomic E-state index is 13.1. The first-order valence-electron chi connectivity index (χ1n) is 13.2. The Bertz CT molecular complexity index is 1720. The third kappa shape index (κ3) is 3.79. The minimum Gasteiger partial charge on any atom is -0.383 e. The Labute approximate surface area is 228 Å². The van der Waals surface area contributed by atoms with E-state index in [2.05, 4.69) is 25.3 Å². The smallest absolute Gasteiger partial charge is 0.294 e. The lowest BCUT2D eigenvalue weighted by Crippen LogP contribution is -2.46. The summed E-state index contributed by atoms with van der Waals surface area (Å²) in [6.07, 6.45) is 7.84. The van der Waals surface area contributed by atoms with Crippen LogP contribution in [-0.4, -0.2) is 63.6 Å². The number of rotatable bonds is 5. The number of anilines is 1. The van der Waals surface area contributed by atoms with Crippen molar-refractivity contribution in [1.29, 1.82) is 0 Å². The molecule has 2 aliphatic rings. The van der Waals surface area contributed by atoms with E-state index in [-0.39, 0.29) is 41.1 Å². The minimum atomic E-state index is -0.653. The van der Waals surface area contributed by atoms with Crippen LogP contribution >= 0.6 is 0 Å². The van der Waals surface area contributed by atoms with Crippen molar-refractivity contribution in [1.82, 2.24) is 39.7 Å². The molecule has 5 aromatic rings. The molecule has 7 rings (SSSR count). The molecule has 4 aromatic heterocycles. The van der Waals surface area contributed by atoms with Crippen LogP contribution in [0.3, 0.4) is 0 Å². The molecule has 1 unspecified atom stereocenters. The van der Waals surface area contributed by atoms with E-state index in [0.717, 1.165) is 35.2 Å². The van der Waals surface area contributed by atoms with Crippen molar-refractivity contribution in [2.75, 3.05) is 5.73 Å². The highest BCUT2D eigenvalue weighted by molar-refractivity contribution is 5.99. The third-order valence-electron chi connectivity index (χ3n) is 8.06. The number of benzene rings is 1. The first-order chi connectivity index (χ1) is 19.5. The fourth-order valence-electron chi connectivity index (χ4n) is 6.28. The lowest BCUT2D eigenvalue weighted by atomic mass is 9.85. The Morgan fingerprint density at radius 3 is 2.38 bits per heavy atom. The van der Waals surface area contributed by atoms with Gasteiger partial charge in [-0.2, -0.15) is 9.61 Å². The summed E-state index contributed by atoms with van der Waals surface area (Å²) in [6, 6.07) is 13.8. The highest BCUT2D eigenvalue weighted by Crippen LogP contribution is 2.44. The van der Waals surface area contributed by atoms with E-state index in [1.807, 2.05) is 47.4 Å². The highest BCUT2D eigenvalue weighted by Gasteiger charge is 2.46. The molecule has 6 heterocycles. The Hall–Kier alpha value is -5.13. The number of piperidine rings is 1. The van der Waals surface area contributed by atoms with Crippen LogP contribution in [0.1, 0.15) is 58.3 Å². The molecule has 0 saturated carbocycles. The Balaban J connectivity index is 1.26. The number of hydrogen-bond donors (Lipinski definition) is 3. The van der Waals surface area contributed by atoms with Crippen LogP contribution in [0.25, 0.3) is 28.0 Å². The molecule has 0 radical (unpaired) electrons. The number of H-pyrrole nitrogens is 1. The number of nitrogens with one attached hydrogen (secondary N) is 1. The number of nitrogens with two attached hydrogens (primary N) is 2. The van der Waals surface area contributed by atoms with Gasteiger partial charge in [-0.15, -0.1) is 5.10 Å². The number of hydrogen-bond acceptors (Lipinski definition) is 8. The number of nitrogen functional groups attached to an aromatic ring is 1. The average Bonchev–Trinajstić information content (AvgIpc) is 3.71. The molecule has 200 valence electrons. The number of nitrogens with zero attached hydrogens (tertiary/aromatic N) is 7. The van der Waals surface area contributed by atoms with Gasteiger partial charge in [0.1, 0.15) is 17.7 Å². The molecular formula is C28H26N10O2. The highest BCUT2D eigenvalue weighted by atomic mass is 16.2. The molecule has 2 fully saturated rings. The number of carbonyl (C=O) groups excluding carboxylic acids is 2. The first-order valence-corrected chi connectivity index (χ1v) is 13.2. The van der Waals surface area contributed by atoms with Crippen molar-refractivity contribution in [3.05, 3.63) is 78.3 Å². The number of fused-ring (bicyclic) bond motifs is 3. The molecule has 3 atom stereocenters. The number of primary amides is 1. The molecule has 5 N–H and O–H groups in total. The number of aromatic nitrogens is 7. The normalized spacial score (nSPS) is 20.2. The van der Waals surface area contributed by atoms with Crippen molar-refractivity contribution in [3.8, 4) is 22.4 Å². The van der Waals surface area contributed by atoms with Crippen molar-refractivity contribution in [3.63, 3.8) is 0 Å². The van der Waals surface area contributed by atoms with Crippen LogP contribution in [0.4, 0.5) is 5.82 Å². The zero-order chi connectivity index (χ0) is 27.4. The van der Waals surface area contributed by atoms with Crippen molar-refractivity contribution >= 4 is 23.3 Å². The molecular weight excluding hydrogens is 508 g/mol. The van der Waals surface area contributed by atoms with Crippen LogP contribution in [0, 0.1) is 0 Å². The largest absolute Gasteiger partial charge is 0.383 e. The molecule has 1 aromatic carbocycles. The summed E-state index contributed by atoms with van der Waals surface area (Å²) in [5, 5.41) is 11.0. The van der Waals surface area contributed by atoms with Crippen LogP contribution in [-0.2, 0) is 0 Å². The number of aromatic amines is 1. The van der Waals surface area contributed by atoms with E-state index in [1.165, 1.54) is 10.8 Å². The minimum absolute atomic E-state index is 0.0196. The summed E-state index contributed by atoms with van der Waals surface area (Å²) < 4.78 is 1.46. The van der Waals surface area contributed by atoms with Crippen molar-refractivity contribution in [2.45, 2.75) is 43.7 Å². The maximum Gasteiger partial charge on any atom is 0.294 e. The summed E-state index contributed by atoms with van der Waals surface area (Å²) in [6.45, 7) is 0. The Morgan fingerprint density at radius 2 is 1.73 bits per heavy atom. The van der Waals surface area contributed by atoms with E-state index in [4.69, 9.17) is 16.5 Å². The van der Waals surface area contributed by atoms with Crippen molar-refractivity contribution < 1.29 is 9.59 Å². The predicted octanol–water partition coefficient (Wildman–Crippen LogP) is 2.81. The van der Waals surface area contributed by atoms with E-state index in [0.29, 0.717) is 24.2 Å². The van der Waals surface area contributed by atoms with Crippen LogP contribution in [0.15, 0.2) is 61.2 Å². The van der Waals surface area contributed by atoms with Crippen molar-refractivity contribution in [2.24, 2.45) is 5.73 Å². The summed E-state index contributed by atoms with van der Waals surface area (Å²) in [4.78, 5) is 41.3. The summed E-state index contributed by atoms with van der Waals surface area (Å²) in [5.74, 6) is -0.633. The van der Waals surface area contributed by atoms with Gasteiger partial charge in [-0.1, -0.05) is 36.4 Å². The molecule has 2 saturated heterocycles. The second-order valence-electron chi connectivity index (χ2n) is 10.3. The van der Waals surface area contributed by atoms with E-state index in [1.54, 1.807) is 12.4 Å². The molecule has 40 heavy (non-hydrogen) atoms. The average molecular weight is 535 g/mol. The van der Waals surface area contributed by atoms with Gasteiger partial charge in [0.15, 0.2) is 5.65 Å². The van der Waals surface area contributed by atoms with Gasteiger partial charge in [0.2, 0.25) is 5.82 Å². The Kier molecular flexibility index (Phi) is 5.54. The van der Waals surface area contributed by atoms with E-state index >= 15 is 0 Å². The molecule has 0 aliphatic carbocycles. The van der Waals surface area contributed by atoms with E-state index in [9.17, 15) is 9.59 Å². The third-order valence-corrected chi connectivity index (χ3v) is 8.06. The van der Waals surface area contributed by atoms with Gasteiger partial charge in [-0.3, -0.25) is 19.7 Å². The monoisotopic (exact) mass is 534 g/mol. The van der Waals surface area contributed by atoms with Gasteiger partial charge in [-0.25, -0.2) is 9.97 Å². The predicted molar refractivity (Wildman–Crippen MR) is 146 cm³/mol. The van der Waals surface area contributed by atoms with Gasteiger partial charge in [-0.05, 0) is 31.7 Å². The standard InChI is InChI=1S/C28H26N10O2/c29-24-22(25(30)39)23(17-10-18-7-8-19(11-17)37(18)28(40)26-32-14-33-36-26)35-27-20(13-34-38(24)27)16-6-9-21(31-12-16)15-4-2-1-3-5-15/h1-6,9,12-14,17-19H,7-8,10-11,29H2,(H2,30,39)(H,32,33,36)/t17?,18-,19+. The molecule has 2 aliphatic heterocycles. The fourth-order valence-corrected chi connectivity index (χ4v) is 6.28. The van der Waals surface area contributed by atoms with Crippen LogP contribution < -0.4 is 11.5 Å². The second-order valence-corrected chi connectivity index (χ2v) is 10.3. The number of pyridine rings is 1. The SMILES string of the molecule is NC(=O)c1c(C2C[C@H]3CC[C@@H](C2)N3C(=O)c2nc[nH]n2)nc2c(-c3ccc(-c4ccccc4)nc3)cnn2c1N. The summed E-state index contributed by atoms with van der Waals surface area (Å²) in [5.41, 5.74) is 17.0. The first kappa shape index (κ1) is 23.9. The molecule has 12 nitrogen and oxygen atoms in total. The van der Waals surface area contributed by atoms with Crippen LogP contribution in [0.2, 0.25) is 0 Å². The summed E-state index contributed by atoms with van der Waals surface area (Å²) >= 11 is 0. The topological polar surface area (TPSA) is 174 Å². The second kappa shape index (κ2) is 9.26. The molecule has 2 bridgehead atoms. The molecule has 2 amide bonds. The molecule has 0 spiro atoms. The Morgan fingerprint density at radius 1 is 0.950 bits per heavy atom. The summed E-state index contributed by atoms with van der Waals surface area (Å²) in [7, 11) is 0. The number of carbonyl (C=O) groups is 2. The number of amides is 2. The lowest BCUT2D eigenvalue weighted by molar-refractivity contribution is 0.0556. The van der Waals surface area contributed by atoms with Gasteiger partial charge >= 0.3 is 0 Å². The maximum absolute atomic E-state index is 13.1. The van der Waals surface area contributed by atoms with Gasteiger partial charge in [0, 0.05) is 40.9 Å². The zero-order valence-electron chi connectivity index (χ0n) is 21.4. The lowest BCUT2D eigenvalue weighted by Gasteiger charge is -2.38. The molecule has 12 heteroatoms. The van der Waals surface area contributed by atoms with Gasteiger partial charge in [0.05, 0.1) is 17.6 Å². The van der Waals surface area contributed by atoms with Gasteiger partial charge in [0.25, 0.3) is 11.8 Å².